The van der Waals surface area contributed by atoms with Gasteiger partial charge in [0.1, 0.15) is 5.82 Å². The van der Waals surface area contributed by atoms with Crippen molar-refractivity contribution in [3.05, 3.63) is 64.0 Å². The maximum Gasteiger partial charge on any atom is 0.270 e. The van der Waals surface area contributed by atoms with Gasteiger partial charge in [0, 0.05) is 23.6 Å². The van der Waals surface area contributed by atoms with Crippen LogP contribution in [0.4, 0.5) is 10.1 Å². The molecular formula is C13H9ClFNO2. The van der Waals surface area contributed by atoms with Gasteiger partial charge in [-0.1, -0.05) is 24.3 Å². The van der Waals surface area contributed by atoms with Crippen molar-refractivity contribution in [2.45, 2.75) is 5.88 Å². The number of hydrogen-bond acceptors (Lipinski definition) is 2. The number of alkyl halides is 1. The van der Waals surface area contributed by atoms with Gasteiger partial charge < -0.3 is 0 Å². The molecule has 0 radical (unpaired) electrons. The molecule has 0 unspecified atom stereocenters. The Morgan fingerprint density at radius 3 is 2.39 bits per heavy atom. The Morgan fingerprint density at radius 1 is 1.17 bits per heavy atom. The lowest BCUT2D eigenvalue weighted by Crippen LogP contribution is -1.91. The van der Waals surface area contributed by atoms with Gasteiger partial charge in [-0.3, -0.25) is 10.1 Å². The molecule has 0 atom stereocenters. The molecule has 2 aromatic carbocycles. The van der Waals surface area contributed by atoms with E-state index >= 15 is 0 Å². The molecule has 0 heterocycles. The Bertz CT molecular complexity index is 584. The molecule has 2 aromatic rings. The van der Waals surface area contributed by atoms with Gasteiger partial charge in [-0.15, -0.1) is 11.6 Å². The Kier molecular flexibility index (Phi) is 3.58. The van der Waals surface area contributed by atoms with Gasteiger partial charge in [-0.2, -0.15) is 0 Å². The van der Waals surface area contributed by atoms with E-state index in [1.54, 1.807) is 24.3 Å². The molecule has 0 spiro atoms. The van der Waals surface area contributed by atoms with Crippen molar-refractivity contribution in [2.24, 2.45) is 0 Å². The van der Waals surface area contributed by atoms with Gasteiger partial charge in [0.05, 0.1) is 4.92 Å². The van der Waals surface area contributed by atoms with E-state index in [1.165, 1.54) is 6.07 Å². The van der Waals surface area contributed by atoms with Crippen molar-refractivity contribution < 1.29 is 9.31 Å². The molecule has 0 saturated heterocycles. The summed E-state index contributed by atoms with van der Waals surface area (Å²) in [5.74, 6) is -0.114. The van der Waals surface area contributed by atoms with Gasteiger partial charge in [0.25, 0.3) is 5.69 Å². The van der Waals surface area contributed by atoms with E-state index in [2.05, 4.69) is 0 Å². The molecule has 0 amide bonds. The van der Waals surface area contributed by atoms with Gasteiger partial charge in [-0.25, -0.2) is 4.39 Å². The van der Waals surface area contributed by atoms with E-state index in [0.717, 1.165) is 17.7 Å². The van der Waals surface area contributed by atoms with Gasteiger partial charge in [0.15, 0.2) is 0 Å². The van der Waals surface area contributed by atoms with Crippen LogP contribution in [0.3, 0.4) is 0 Å². The summed E-state index contributed by atoms with van der Waals surface area (Å²) in [6.07, 6.45) is 0. The normalized spacial score (nSPS) is 10.3. The van der Waals surface area contributed by atoms with Crippen LogP contribution in [0.1, 0.15) is 5.56 Å². The SMILES string of the molecule is O=[N+]([O-])c1ccc(F)c(-c2ccc(CCl)cc2)c1. The average molecular weight is 266 g/mol. The average Bonchev–Trinajstić information content (AvgIpc) is 2.39. The van der Waals surface area contributed by atoms with Crippen LogP contribution >= 0.6 is 11.6 Å². The predicted octanol–water partition coefficient (Wildman–Crippen LogP) is 4.14. The number of non-ortho nitro benzene ring substituents is 1. The lowest BCUT2D eigenvalue weighted by Gasteiger charge is -2.04. The Labute approximate surface area is 108 Å². The topological polar surface area (TPSA) is 43.1 Å². The van der Waals surface area contributed by atoms with Crippen LogP contribution in [-0.2, 0) is 5.88 Å². The van der Waals surface area contributed by atoms with Crippen molar-refractivity contribution in [2.75, 3.05) is 0 Å². The molecule has 0 aromatic heterocycles. The number of benzene rings is 2. The predicted molar refractivity (Wildman–Crippen MR) is 68.0 cm³/mol. The van der Waals surface area contributed by atoms with E-state index in [1.807, 2.05) is 0 Å². The first-order valence-corrected chi connectivity index (χ1v) is 5.74. The smallest absolute Gasteiger partial charge is 0.258 e. The van der Waals surface area contributed by atoms with Crippen molar-refractivity contribution in [3.8, 4) is 11.1 Å². The highest BCUT2D eigenvalue weighted by Crippen LogP contribution is 2.27. The molecule has 0 aliphatic carbocycles. The first kappa shape index (κ1) is 12.5. The summed E-state index contributed by atoms with van der Waals surface area (Å²) in [5, 5.41) is 10.7. The quantitative estimate of drug-likeness (QED) is 0.475. The summed E-state index contributed by atoms with van der Waals surface area (Å²) in [6.45, 7) is 0. The Morgan fingerprint density at radius 2 is 1.83 bits per heavy atom. The zero-order valence-electron chi connectivity index (χ0n) is 9.27. The number of halogens is 2. The van der Waals surface area contributed by atoms with Crippen LogP contribution in [0.25, 0.3) is 11.1 Å². The molecule has 92 valence electrons. The van der Waals surface area contributed by atoms with Crippen molar-refractivity contribution in [1.82, 2.24) is 0 Å². The van der Waals surface area contributed by atoms with Crippen molar-refractivity contribution in [3.63, 3.8) is 0 Å². The molecule has 0 aliphatic rings. The van der Waals surface area contributed by atoms with Crippen LogP contribution in [0.2, 0.25) is 0 Å². The lowest BCUT2D eigenvalue weighted by atomic mass is 10.0. The minimum absolute atomic E-state index is 0.132. The van der Waals surface area contributed by atoms with Crippen LogP contribution in [0.15, 0.2) is 42.5 Å². The molecule has 5 heteroatoms. The zero-order valence-corrected chi connectivity index (χ0v) is 10.0. The molecule has 0 aliphatic heterocycles. The number of nitrogens with zero attached hydrogens (tertiary/aromatic N) is 1. The summed E-state index contributed by atoms with van der Waals surface area (Å²) >= 11 is 5.66. The summed E-state index contributed by atoms with van der Waals surface area (Å²) < 4.78 is 13.7. The Balaban J connectivity index is 2.48. The van der Waals surface area contributed by atoms with Crippen LogP contribution < -0.4 is 0 Å². The maximum absolute atomic E-state index is 13.7. The lowest BCUT2D eigenvalue weighted by molar-refractivity contribution is -0.384. The summed E-state index contributed by atoms with van der Waals surface area (Å²) in [5.41, 5.74) is 1.58. The fraction of sp³-hybridized carbons (Fsp3) is 0.0769. The van der Waals surface area contributed by atoms with Crippen LogP contribution in [-0.4, -0.2) is 4.92 Å². The number of nitro benzene ring substituents is 1. The fourth-order valence-electron chi connectivity index (χ4n) is 1.62. The summed E-state index contributed by atoms with van der Waals surface area (Å²) in [6, 6.07) is 10.4. The van der Waals surface area contributed by atoms with Crippen LogP contribution in [0.5, 0.6) is 0 Å². The molecule has 0 bridgehead atoms. The van der Waals surface area contributed by atoms with E-state index in [4.69, 9.17) is 11.6 Å². The third-order valence-electron chi connectivity index (χ3n) is 2.58. The van der Waals surface area contributed by atoms with E-state index in [0.29, 0.717) is 11.4 Å². The fourth-order valence-corrected chi connectivity index (χ4v) is 1.80. The van der Waals surface area contributed by atoms with E-state index in [9.17, 15) is 14.5 Å². The maximum atomic E-state index is 13.7. The minimum atomic E-state index is -0.546. The highest BCUT2D eigenvalue weighted by atomic mass is 35.5. The minimum Gasteiger partial charge on any atom is -0.258 e. The second kappa shape index (κ2) is 5.14. The standard InChI is InChI=1S/C13H9ClFNO2/c14-8-9-1-3-10(4-2-9)12-7-11(16(17)18)5-6-13(12)15/h1-7H,8H2. The summed E-state index contributed by atoms with van der Waals surface area (Å²) in [7, 11) is 0. The van der Waals surface area contributed by atoms with Gasteiger partial charge >= 0.3 is 0 Å². The third-order valence-corrected chi connectivity index (χ3v) is 2.89. The third kappa shape index (κ3) is 2.49. The molecule has 2 rings (SSSR count). The van der Waals surface area contributed by atoms with E-state index < -0.39 is 10.7 Å². The summed E-state index contributed by atoms with van der Waals surface area (Å²) in [4.78, 5) is 10.1. The van der Waals surface area contributed by atoms with Crippen molar-refractivity contribution in [1.29, 1.82) is 0 Å². The number of hydrogen-bond donors (Lipinski definition) is 0. The monoisotopic (exact) mass is 265 g/mol. The Hall–Kier alpha value is -1.94. The first-order valence-electron chi connectivity index (χ1n) is 5.21. The second-order valence-electron chi connectivity index (χ2n) is 3.75. The largest absolute Gasteiger partial charge is 0.270 e. The number of nitro groups is 1. The molecule has 3 nitrogen and oxygen atoms in total. The number of rotatable bonds is 3. The molecule has 0 N–H and O–H groups in total. The van der Waals surface area contributed by atoms with E-state index in [-0.39, 0.29) is 11.3 Å². The van der Waals surface area contributed by atoms with Gasteiger partial charge in [-0.05, 0) is 17.2 Å². The van der Waals surface area contributed by atoms with Gasteiger partial charge in [0.2, 0.25) is 0 Å². The highest BCUT2D eigenvalue weighted by Gasteiger charge is 2.12. The first-order chi connectivity index (χ1) is 8.61. The molecule has 0 fully saturated rings. The van der Waals surface area contributed by atoms with Crippen molar-refractivity contribution >= 4 is 17.3 Å². The molecule has 0 saturated carbocycles. The second-order valence-corrected chi connectivity index (χ2v) is 4.02. The molecular weight excluding hydrogens is 257 g/mol. The zero-order chi connectivity index (χ0) is 13.1. The van der Waals surface area contributed by atoms with Crippen LogP contribution in [0, 0.1) is 15.9 Å². The molecule has 18 heavy (non-hydrogen) atoms. The highest BCUT2D eigenvalue weighted by molar-refractivity contribution is 6.17.